The Morgan fingerprint density at radius 1 is 1.50 bits per heavy atom. The first-order chi connectivity index (χ1) is 9.60. The molecule has 1 unspecified atom stereocenters. The van der Waals surface area contributed by atoms with E-state index < -0.39 is 0 Å². The summed E-state index contributed by atoms with van der Waals surface area (Å²) in [4.78, 5) is 29.5. The van der Waals surface area contributed by atoms with Crippen LogP contribution >= 0.6 is 0 Å². The van der Waals surface area contributed by atoms with E-state index in [-0.39, 0.29) is 17.9 Å². The van der Waals surface area contributed by atoms with Crippen LogP contribution in [0.2, 0.25) is 0 Å². The highest BCUT2D eigenvalue weighted by Crippen LogP contribution is 2.11. The van der Waals surface area contributed by atoms with Crippen LogP contribution in [-0.2, 0) is 4.79 Å². The van der Waals surface area contributed by atoms with Crippen LogP contribution in [0.3, 0.4) is 0 Å². The molecule has 0 aromatic carbocycles. The Morgan fingerprint density at radius 2 is 2.30 bits per heavy atom. The number of piperidine rings is 1. The molecule has 6 heteroatoms. The third kappa shape index (κ3) is 3.46. The molecule has 1 fully saturated rings. The van der Waals surface area contributed by atoms with Gasteiger partial charge in [-0.05, 0) is 25.5 Å². The first-order valence-electron chi connectivity index (χ1n) is 6.86. The van der Waals surface area contributed by atoms with Crippen molar-refractivity contribution in [3.05, 3.63) is 23.9 Å². The maximum atomic E-state index is 12.2. The number of nitrogens with zero attached hydrogens (tertiary/aromatic N) is 2. The zero-order valence-corrected chi connectivity index (χ0v) is 11.8. The number of amides is 2. The summed E-state index contributed by atoms with van der Waals surface area (Å²) in [6, 6.07) is 5.31. The van der Waals surface area contributed by atoms with Crippen molar-refractivity contribution in [2.75, 3.05) is 25.5 Å². The van der Waals surface area contributed by atoms with Crippen molar-refractivity contribution in [3.63, 3.8) is 0 Å². The molecule has 0 bridgehead atoms. The minimum absolute atomic E-state index is 0.00482. The van der Waals surface area contributed by atoms with Gasteiger partial charge in [0.25, 0.3) is 5.91 Å². The maximum absolute atomic E-state index is 12.2. The van der Waals surface area contributed by atoms with Gasteiger partial charge in [0, 0.05) is 32.6 Å². The highest BCUT2D eigenvalue weighted by molar-refractivity contribution is 5.93. The SMILES string of the molecule is CCNc1cccc(C(=O)NC2CCC(=O)N(C)C2)n1. The first kappa shape index (κ1) is 14.3. The van der Waals surface area contributed by atoms with Crippen molar-refractivity contribution >= 4 is 17.6 Å². The Morgan fingerprint density at radius 3 is 3.00 bits per heavy atom. The van der Waals surface area contributed by atoms with Crippen molar-refractivity contribution < 1.29 is 9.59 Å². The molecule has 1 aliphatic heterocycles. The fourth-order valence-corrected chi connectivity index (χ4v) is 2.23. The lowest BCUT2D eigenvalue weighted by Crippen LogP contribution is -2.48. The highest BCUT2D eigenvalue weighted by atomic mass is 16.2. The molecule has 1 atom stereocenters. The summed E-state index contributed by atoms with van der Waals surface area (Å²) in [5.74, 6) is 0.622. The summed E-state index contributed by atoms with van der Waals surface area (Å²) in [7, 11) is 1.75. The van der Waals surface area contributed by atoms with Crippen LogP contribution in [0.25, 0.3) is 0 Å². The monoisotopic (exact) mass is 276 g/mol. The summed E-state index contributed by atoms with van der Waals surface area (Å²) in [6.45, 7) is 3.29. The summed E-state index contributed by atoms with van der Waals surface area (Å²) in [6.07, 6.45) is 1.16. The number of rotatable bonds is 4. The molecule has 1 aromatic rings. The van der Waals surface area contributed by atoms with E-state index in [4.69, 9.17) is 0 Å². The average molecular weight is 276 g/mol. The van der Waals surface area contributed by atoms with Crippen LogP contribution in [0.1, 0.15) is 30.3 Å². The van der Waals surface area contributed by atoms with Gasteiger partial charge >= 0.3 is 0 Å². The molecule has 1 aromatic heterocycles. The molecular formula is C14H20N4O2. The van der Waals surface area contributed by atoms with Gasteiger partial charge < -0.3 is 15.5 Å². The highest BCUT2D eigenvalue weighted by Gasteiger charge is 2.24. The molecule has 0 spiro atoms. The fraction of sp³-hybridized carbons (Fsp3) is 0.500. The van der Waals surface area contributed by atoms with Crippen LogP contribution in [0.4, 0.5) is 5.82 Å². The Hall–Kier alpha value is -2.11. The molecule has 0 radical (unpaired) electrons. The molecule has 0 saturated carbocycles. The molecule has 108 valence electrons. The van der Waals surface area contributed by atoms with E-state index in [2.05, 4.69) is 15.6 Å². The second-order valence-corrected chi connectivity index (χ2v) is 4.92. The topological polar surface area (TPSA) is 74.3 Å². The minimum Gasteiger partial charge on any atom is -0.370 e. The van der Waals surface area contributed by atoms with Gasteiger partial charge in [0.05, 0.1) is 0 Å². The molecule has 0 aliphatic carbocycles. The molecule has 2 rings (SSSR count). The predicted molar refractivity (Wildman–Crippen MR) is 76.5 cm³/mol. The van der Waals surface area contributed by atoms with Crippen LogP contribution in [0.5, 0.6) is 0 Å². The second kappa shape index (κ2) is 6.36. The average Bonchev–Trinajstić information content (AvgIpc) is 2.43. The van der Waals surface area contributed by atoms with Crippen molar-refractivity contribution in [2.45, 2.75) is 25.8 Å². The van der Waals surface area contributed by atoms with E-state index in [0.29, 0.717) is 30.9 Å². The van der Waals surface area contributed by atoms with Gasteiger partial charge in [0.2, 0.25) is 5.91 Å². The second-order valence-electron chi connectivity index (χ2n) is 4.92. The molecule has 1 saturated heterocycles. The van der Waals surface area contributed by atoms with Crippen LogP contribution in [0.15, 0.2) is 18.2 Å². The molecule has 20 heavy (non-hydrogen) atoms. The number of carbonyl (C=O) groups is 2. The number of likely N-dealkylation sites (N-methyl/N-ethyl adjacent to an activating group) is 1. The molecular weight excluding hydrogens is 256 g/mol. The van der Waals surface area contributed by atoms with Crippen LogP contribution < -0.4 is 10.6 Å². The fourth-order valence-electron chi connectivity index (χ4n) is 2.23. The van der Waals surface area contributed by atoms with E-state index in [9.17, 15) is 9.59 Å². The van der Waals surface area contributed by atoms with Gasteiger partial charge in [0.15, 0.2) is 0 Å². The Kier molecular flexibility index (Phi) is 4.55. The summed E-state index contributed by atoms with van der Waals surface area (Å²) < 4.78 is 0. The quantitative estimate of drug-likeness (QED) is 0.855. The molecule has 2 N–H and O–H groups in total. The summed E-state index contributed by atoms with van der Waals surface area (Å²) in [5, 5.41) is 6.01. The number of nitrogens with one attached hydrogen (secondary N) is 2. The van der Waals surface area contributed by atoms with Crippen molar-refractivity contribution in [1.82, 2.24) is 15.2 Å². The number of hydrogen-bond donors (Lipinski definition) is 2. The molecule has 6 nitrogen and oxygen atoms in total. The standard InChI is InChI=1S/C14H20N4O2/c1-3-15-12-6-4-5-11(17-12)14(20)16-10-7-8-13(19)18(2)9-10/h4-6,10H,3,7-9H2,1-2H3,(H,15,17)(H,16,20). The van der Waals surface area contributed by atoms with Gasteiger partial charge in [-0.2, -0.15) is 0 Å². The Balaban J connectivity index is 1.98. The van der Waals surface area contributed by atoms with E-state index in [0.717, 1.165) is 6.54 Å². The van der Waals surface area contributed by atoms with Crippen LogP contribution in [-0.4, -0.2) is 47.9 Å². The summed E-state index contributed by atoms with van der Waals surface area (Å²) in [5.41, 5.74) is 0.392. The normalized spacial score (nSPS) is 18.8. The van der Waals surface area contributed by atoms with E-state index >= 15 is 0 Å². The number of anilines is 1. The zero-order chi connectivity index (χ0) is 14.5. The van der Waals surface area contributed by atoms with Gasteiger partial charge in [-0.25, -0.2) is 4.98 Å². The van der Waals surface area contributed by atoms with Gasteiger partial charge in [-0.1, -0.05) is 6.07 Å². The minimum atomic E-state index is -0.197. The number of pyridine rings is 1. The van der Waals surface area contributed by atoms with Crippen LogP contribution in [0, 0.1) is 0 Å². The van der Waals surface area contributed by atoms with Gasteiger partial charge in [0.1, 0.15) is 11.5 Å². The Labute approximate surface area is 118 Å². The van der Waals surface area contributed by atoms with Crippen molar-refractivity contribution in [1.29, 1.82) is 0 Å². The lowest BCUT2D eigenvalue weighted by molar-refractivity contribution is -0.132. The number of likely N-dealkylation sites (tertiary alicyclic amines) is 1. The number of hydrogen-bond acceptors (Lipinski definition) is 4. The van der Waals surface area contributed by atoms with Crippen molar-refractivity contribution in [3.8, 4) is 0 Å². The zero-order valence-electron chi connectivity index (χ0n) is 11.8. The Bertz CT molecular complexity index is 504. The van der Waals surface area contributed by atoms with E-state index in [1.54, 1.807) is 24.1 Å². The smallest absolute Gasteiger partial charge is 0.270 e. The molecule has 1 aliphatic rings. The number of aromatic nitrogens is 1. The third-order valence-corrected chi connectivity index (χ3v) is 3.30. The van der Waals surface area contributed by atoms with E-state index in [1.165, 1.54) is 0 Å². The van der Waals surface area contributed by atoms with Gasteiger partial charge in [-0.15, -0.1) is 0 Å². The van der Waals surface area contributed by atoms with Crippen molar-refractivity contribution in [2.24, 2.45) is 0 Å². The predicted octanol–water partition coefficient (Wildman–Crippen LogP) is 0.864. The molecule has 2 heterocycles. The maximum Gasteiger partial charge on any atom is 0.270 e. The largest absolute Gasteiger partial charge is 0.370 e. The third-order valence-electron chi connectivity index (χ3n) is 3.30. The summed E-state index contributed by atoms with van der Waals surface area (Å²) >= 11 is 0. The first-order valence-corrected chi connectivity index (χ1v) is 6.86. The van der Waals surface area contributed by atoms with Gasteiger partial charge in [-0.3, -0.25) is 9.59 Å². The lowest BCUT2D eigenvalue weighted by Gasteiger charge is -2.30. The van der Waals surface area contributed by atoms with E-state index in [1.807, 2.05) is 13.0 Å². The molecule has 2 amide bonds. The lowest BCUT2D eigenvalue weighted by atomic mass is 10.1. The number of carbonyl (C=O) groups excluding carboxylic acids is 2.